The standard InChI is InChI=1S/C35H42N4O3/c1-35(38(2)3)19-17-30(18-20-35)42-29-15-12-25(13-16-29)24-39-32(10-6-7-21-36)33(40)37-31(34(39)41)23-26-11-14-27-8-4-5-9-28(27)22-26/h4-5,8-9,11-19,22,31-32H,6-7,10,20-21,23-24,36H2,1-3H3,(H,37,40)/t31?,32-,35?/m0/s1. The quantitative estimate of drug-likeness (QED) is 0.321. The van der Waals surface area contributed by atoms with E-state index in [9.17, 15) is 9.59 Å². The normalized spacial score (nSPS) is 22.4. The zero-order valence-corrected chi connectivity index (χ0v) is 24.9. The molecule has 220 valence electrons. The largest absolute Gasteiger partial charge is 0.458 e. The number of rotatable bonds is 11. The summed E-state index contributed by atoms with van der Waals surface area (Å²) in [7, 11) is 4.15. The molecule has 3 atom stereocenters. The summed E-state index contributed by atoms with van der Waals surface area (Å²) in [5, 5.41) is 5.30. The summed E-state index contributed by atoms with van der Waals surface area (Å²) in [5.41, 5.74) is 7.67. The second-order valence-corrected chi connectivity index (χ2v) is 11.9. The van der Waals surface area contributed by atoms with Crippen LogP contribution < -0.4 is 15.8 Å². The Labute approximate surface area is 249 Å². The Morgan fingerprint density at radius 3 is 2.43 bits per heavy atom. The molecule has 0 aromatic heterocycles. The van der Waals surface area contributed by atoms with E-state index in [4.69, 9.17) is 10.5 Å². The molecule has 0 bridgehead atoms. The van der Waals surface area contributed by atoms with Gasteiger partial charge >= 0.3 is 0 Å². The Morgan fingerprint density at radius 2 is 1.74 bits per heavy atom. The fraction of sp³-hybridized carbons (Fsp3) is 0.371. The molecule has 1 aliphatic carbocycles. The van der Waals surface area contributed by atoms with Crippen LogP contribution in [0.25, 0.3) is 10.8 Å². The number of ether oxygens (including phenoxy) is 1. The van der Waals surface area contributed by atoms with E-state index >= 15 is 0 Å². The number of amides is 2. The van der Waals surface area contributed by atoms with Crippen LogP contribution in [0, 0.1) is 0 Å². The Kier molecular flexibility index (Phi) is 9.09. The maximum Gasteiger partial charge on any atom is 0.246 e. The minimum Gasteiger partial charge on any atom is -0.458 e. The van der Waals surface area contributed by atoms with Gasteiger partial charge in [-0.15, -0.1) is 0 Å². The van der Waals surface area contributed by atoms with Crippen molar-refractivity contribution in [1.29, 1.82) is 0 Å². The van der Waals surface area contributed by atoms with E-state index in [2.05, 4.69) is 67.7 Å². The topological polar surface area (TPSA) is 87.9 Å². The van der Waals surface area contributed by atoms with Crippen molar-refractivity contribution in [2.45, 2.75) is 63.2 Å². The van der Waals surface area contributed by atoms with Crippen molar-refractivity contribution in [2.75, 3.05) is 20.6 Å². The number of fused-ring (bicyclic) bond motifs is 1. The molecule has 0 spiro atoms. The van der Waals surface area contributed by atoms with Gasteiger partial charge in [0, 0.05) is 18.5 Å². The van der Waals surface area contributed by atoms with Crippen molar-refractivity contribution < 1.29 is 14.3 Å². The first-order chi connectivity index (χ1) is 20.3. The lowest BCUT2D eigenvalue weighted by Gasteiger charge is -2.39. The van der Waals surface area contributed by atoms with Gasteiger partial charge in [0.1, 0.15) is 23.6 Å². The van der Waals surface area contributed by atoms with Crippen LogP contribution in [0.4, 0.5) is 0 Å². The van der Waals surface area contributed by atoms with Crippen LogP contribution in [0.5, 0.6) is 5.75 Å². The predicted octanol–water partition coefficient (Wildman–Crippen LogP) is 4.95. The Balaban J connectivity index is 1.29. The van der Waals surface area contributed by atoms with Gasteiger partial charge < -0.3 is 25.6 Å². The molecule has 3 N–H and O–H groups in total. The van der Waals surface area contributed by atoms with Gasteiger partial charge in [-0.2, -0.15) is 0 Å². The molecule has 2 aliphatic rings. The lowest BCUT2D eigenvalue weighted by Crippen LogP contribution is -2.63. The summed E-state index contributed by atoms with van der Waals surface area (Å²) >= 11 is 0. The summed E-state index contributed by atoms with van der Waals surface area (Å²) in [5.74, 6) is 1.40. The van der Waals surface area contributed by atoms with Crippen LogP contribution >= 0.6 is 0 Å². The van der Waals surface area contributed by atoms with E-state index in [1.54, 1.807) is 4.90 Å². The van der Waals surface area contributed by atoms with Gasteiger partial charge in [-0.3, -0.25) is 9.59 Å². The zero-order chi connectivity index (χ0) is 29.7. The zero-order valence-electron chi connectivity index (χ0n) is 24.9. The van der Waals surface area contributed by atoms with Crippen molar-refractivity contribution >= 4 is 22.6 Å². The number of nitrogens with two attached hydrogens (primary N) is 1. The van der Waals surface area contributed by atoms with Gasteiger partial charge in [-0.1, -0.05) is 60.7 Å². The van der Waals surface area contributed by atoms with Gasteiger partial charge in [0.25, 0.3) is 0 Å². The number of carbonyl (C=O) groups excluding carboxylic acids is 2. The molecule has 42 heavy (non-hydrogen) atoms. The molecule has 1 heterocycles. The van der Waals surface area contributed by atoms with Gasteiger partial charge in [0.05, 0.1) is 0 Å². The van der Waals surface area contributed by atoms with Crippen molar-refractivity contribution in [2.24, 2.45) is 5.73 Å². The summed E-state index contributed by atoms with van der Waals surface area (Å²) in [6.45, 7) is 3.12. The molecule has 1 fully saturated rings. The highest BCUT2D eigenvalue weighted by molar-refractivity contribution is 5.97. The summed E-state index contributed by atoms with van der Waals surface area (Å²) in [6, 6.07) is 21.0. The van der Waals surface area contributed by atoms with Gasteiger partial charge in [0.2, 0.25) is 11.8 Å². The van der Waals surface area contributed by atoms with Crippen LogP contribution in [0.2, 0.25) is 0 Å². The molecule has 1 aliphatic heterocycles. The predicted molar refractivity (Wildman–Crippen MR) is 168 cm³/mol. The number of unbranched alkanes of at least 4 members (excludes halogenated alkanes) is 1. The highest BCUT2D eigenvalue weighted by Crippen LogP contribution is 2.28. The maximum atomic E-state index is 13.9. The smallest absolute Gasteiger partial charge is 0.246 e. The highest BCUT2D eigenvalue weighted by atomic mass is 16.5. The summed E-state index contributed by atoms with van der Waals surface area (Å²) < 4.78 is 6.11. The van der Waals surface area contributed by atoms with Crippen LogP contribution in [0.3, 0.4) is 0 Å². The molecular formula is C35H42N4O3. The SMILES string of the molecule is CN(C)C1(C)C=CC(Oc2ccc(CN3C(=O)C(Cc4ccc5ccccc5c4)NC(=O)[C@@H]3CCCCN)cc2)=CC1. The Morgan fingerprint density at radius 1 is 1.00 bits per heavy atom. The van der Waals surface area contributed by atoms with Crippen LogP contribution in [0.15, 0.2) is 90.7 Å². The van der Waals surface area contributed by atoms with Gasteiger partial charge in [0.15, 0.2) is 0 Å². The Bertz CT molecular complexity index is 1480. The Hall–Kier alpha value is -3.94. The molecule has 2 unspecified atom stereocenters. The molecule has 3 aromatic carbocycles. The van der Waals surface area contributed by atoms with E-state index in [0.29, 0.717) is 25.9 Å². The van der Waals surface area contributed by atoms with Crippen LogP contribution in [-0.2, 0) is 22.6 Å². The van der Waals surface area contributed by atoms with Crippen LogP contribution in [-0.4, -0.2) is 59.9 Å². The maximum absolute atomic E-state index is 13.9. The second kappa shape index (κ2) is 12.9. The third-order valence-corrected chi connectivity index (χ3v) is 8.62. The van der Waals surface area contributed by atoms with Crippen molar-refractivity contribution in [3.63, 3.8) is 0 Å². The average Bonchev–Trinajstić information content (AvgIpc) is 2.99. The number of piperazine rings is 1. The molecule has 2 amide bonds. The molecule has 5 rings (SSSR count). The fourth-order valence-corrected chi connectivity index (χ4v) is 5.63. The molecule has 7 nitrogen and oxygen atoms in total. The van der Waals surface area contributed by atoms with E-state index in [0.717, 1.165) is 52.7 Å². The number of likely N-dealkylation sites (N-methyl/N-ethyl adjacent to an activating group) is 1. The minimum atomic E-state index is -0.607. The monoisotopic (exact) mass is 566 g/mol. The van der Waals surface area contributed by atoms with E-state index in [-0.39, 0.29) is 17.4 Å². The van der Waals surface area contributed by atoms with Gasteiger partial charge in [-0.25, -0.2) is 0 Å². The molecule has 1 saturated heterocycles. The highest BCUT2D eigenvalue weighted by Gasteiger charge is 2.40. The number of allylic oxidation sites excluding steroid dienone is 1. The van der Waals surface area contributed by atoms with E-state index in [1.165, 1.54) is 0 Å². The molecule has 0 saturated carbocycles. The lowest BCUT2D eigenvalue weighted by atomic mass is 9.92. The fourth-order valence-electron chi connectivity index (χ4n) is 5.63. The third kappa shape index (κ3) is 6.75. The number of nitrogens with zero attached hydrogens (tertiary/aromatic N) is 2. The van der Waals surface area contributed by atoms with Crippen molar-refractivity contribution in [3.8, 4) is 5.75 Å². The molecule has 7 heteroatoms. The molecule has 3 aromatic rings. The summed E-state index contributed by atoms with van der Waals surface area (Å²) in [6.07, 6.45) is 9.81. The number of hydrogen-bond donors (Lipinski definition) is 2. The molecule has 0 radical (unpaired) electrons. The van der Waals surface area contributed by atoms with Crippen molar-refractivity contribution in [1.82, 2.24) is 15.1 Å². The number of hydrogen-bond acceptors (Lipinski definition) is 5. The first kappa shape index (κ1) is 29.5. The van der Waals surface area contributed by atoms with Gasteiger partial charge in [-0.05, 0) is 99.4 Å². The summed E-state index contributed by atoms with van der Waals surface area (Å²) in [4.78, 5) is 31.2. The first-order valence-corrected chi connectivity index (χ1v) is 14.9. The number of nitrogens with one attached hydrogen (secondary N) is 1. The minimum absolute atomic E-state index is 0.0170. The average molecular weight is 567 g/mol. The third-order valence-electron chi connectivity index (χ3n) is 8.62. The van der Waals surface area contributed by atoms with E-state index in [1.807, 2.05) is 48.5 Å². The number of benzene rings is 3. The molecular weight excluding hydrogens is 524 g/mol. The number of carbonyl (C=O) groups is 2. The van der Waals surface area contributed by atoms with Crippen molar-refractivity contribution in [3.05, 3.63) is 102 Å². The second-order valence-electron chi connectivity index (χ2n) is 11.9. The first-order valence-electron chi connectivity index (χ1n) is 14.9. The van der Waals surface area contributed by atoms with Crippen LogP contribution in [0.1, 0.15) is 43.7 Å². The lowest BCUT2D eigenvalue weighted by molar-refractivity contribution is -0.150. The van der Waals surface area contributed by atoms with E-state index < -0.39 is 12.1 Å².